The van der Waals surface area contributed by atoms with Crippen LogP contribution < -0.4 is 5.73 Å². The van der Waals surface area contributed by atoms with E-state index in [1.54, 1.807) is 0 Å². The Balaban J connectivity index is 2.02. The fraction of sp³-hybridized carbons (Fsp3) is 0.800. The minimum Gasteiger partial charge on any atom is -0.328 e. The zero-order valence-corrected chi connectivity index (χ0v) is 14.5. The van der Waals surface area contributed by atoms with Gasteiger partial charge in [-0.2, -0.15) is 5.10 Å². The first-order chi connectivity index (χ1) is 9.56. The summed E-state index contributed by atoms with van der Waals surface area (Å²) in [7, 11) is 0. The lowest BCUT2D eigenvalue weighted by atomic mass is 9.91. The average molecular weight is 343 g/mol. The smallest absolute Gasteiger partial charge is 0.0767 e. The van der Waals surface area contributed by atoms with Crippen LogP contribution >= 0.6 is 15.9 Å². The van der Waals surface area contributed by atoms with Crippen LogP contribution in [0.3, 0.4) is 0 Å². The molecule has 1 unspecified atom stereocenters. The molecule has 114 valence electrons. The molecule has 1 aliphatic rings. The fourth-order valence-corrected chi connectivity index (χ4v) is 3.71. The number of rotatable bonds is 5. The van der Waals surface area contributed by atoms with E-state index >= 15 is 0 Å². The Morgan fingerprint density at radius 3 is 2.50 bits per heavy atom. The number of piperidine rings is 1. The zero-order chi connectivity index (χ0) is 14.7. The van der Waals surface area contributed by atoms with E-state index in [1.807, 2.05) is 0 Å². The van der Waals surface area contributed by atoms with Crippen molar-refractivity contribution in [2.45, 2.75) is 59.2 Å². The molecule has 0 amide bonds. The van der Waals surface area contributed by atoms with Crippen molar-refractivity contribution in [3.63, 3.8) is 0 Å². The van der Waals surface area contributed by atoms with Crippen LogP contribution in [0.1, 0.15) is 45.0 Å². The molecular formula is C15H27BrN4. The van der Waals surface area contributed by atoms with Gasteiger partial charge in [0, 0.05) is 19.1 Å². The quantitative estimate of drug-likeness (QED) is 0.894. The van der Waals surface area contributed by atoms with E-state index < -0.39 is 0 Å². The lowest BCUT2D eigenvalue weighted by Crippen LogP contribution is -2.39. The van der Waals surface area contributed by atoms with Gasteiger partial charge in [-0.05, 0) is 68.0 Å². The molecule has 0 aromatic carbocycles. The van der Waals surface area contributed by atoms with Gasteiger partial charge in [0.05, 0.1) is 15.9 Å². The minimum atomic E-state index is 0.330. The maximum absolute atomic E-state index is 6.02. The number of aromatic nitrogens is 2. The van der Waals surface area contributed by atoms with Crippen molar-refractivity contribution in [3.05, 3.63) is 15.9 Å². The van der Waals surface area contributed by atoms with Gasteiger partial charge in [-0.1, -0.05) is 6.92 Å². The number of nitrogens with two attached hydrogens (primary N) is 1. The number of aryl methyl sites for hydroxylation is 2. The van der Waals surface area contributed by atoms with Crippen LogP contribution in [-0.2, 0) is 19.5 Å². The summed E-state index contributed by atoms with van der Waals surface area (Å²) in [5, 5.41) is 4.68. The Bertz CT molecular complexity index is 433. The third kappa shape index (κ3) is 3.43. The molecule has 1 aliphatic heterocycles. The maximum atomic E-state index is 6.02. The molecule has 2 heterocycles. The standard InChI is InChI=1S/C15H27BrN4/c1-4-13-15(16)14(20(5-2)18-13)10-19-8-6-12(7-9-19)11(3)17/h11-12H,4-10,17H2,1-3H3. The van der Waals surface area contributed by atoms with Crippen LogP contribution in [0.15, 0.2) is 4.47 Å². The van der Waals surface area contributed by atoms with Crippen LogP contribution in [0.4, 0.5) is 0 Å². The molecule has 0 spiro atoms. The summed E-state index contributed by atoms with van der Waals surface area (Å²) < 4.78 is 3.34. The Morgan fingerprint density at radius 1 is 1.35 bits per heavy atom. The second kappa shape index (κ2) is 7.05. The highest BCUT2D eigenvalue weighted by atomic mass is 79.9. The summed E-state index contributed by atoms with van der Waals surface area (Å²) in [5.41, 5.74) is 8.51. The van der Waals surface area contributed by atoms with Crippen molar-refractivity contribution in [3.8, 4) is 0 Å². The number of halogens is 1. The number of likely N-dealkylation sites (tertiary alicyclic amines) is 1. The summed E-state index contributed by atoms with van der Waals surface area (Å²) in [5.74, 6) is 0.692. The highest BCUT2D eigenvalue weighted by molar-refractivity contribution is 9.10. The lowest BCUT2D eigenvalue weighted by molar-refractivity contribution is 0.162. The van der Waals surface area contributed by atoms with E-state index in [1.165, 1.54) is 28.7 Å². The molecule has 1 aromatic rings. The molecule has 20 heavy (non-hydrogen) atoms. The topological polar surface area (TPSA) is 47.1 Å². The zero-order valence-electron chi connectivity index (χ0n) is 12.9. The summed E-state index contributed by atoms with van der Waals surface area (Å²) in [4.78, 5) is 2.53. The Morgan fingerprint density at radius 2 is 2.00 bits per heavy atom. The molecule has 0 saturated carbocycles. The number of hydrogen-bond acceptors (Lipinski definition) is 3. The van der Waals surface area contributed by atoms with Gasteiger partial charge in [-0.25, -0.2) is 0 Å². The maximum Gasteiger partial charge on any atom is 0.0767 e. The van der Waals surface area contributed by atoms with E-state index in [2.05, 4.69) is 51.4 Å². The first-order valence-corrected chi connectivity index (χ1v) is 8.58. The third-order valence-corrected chi connectivity index (χ3v) is 5.36. The van der Waals surface area contributed by atoms with Crippen molar-refractivity contribution in [2.24, 2.45) is 11.7 Å². The Hall–Kier alpha value is -0.390. The van der Waals surface area contributed by atoms with Gasteiger partial charge < -0.3 is 5.73 Å². The van der Waals surface area contributed by atoms with Gasteiger partial charge in [0.2, 0.25) is 0 Å². The SMILES string of the molecule is CCc1nn(CC)c(CN2CCC(C(C)N)CC2)c1Br. The van der Waals surface area contributed by atoms with Crippen molar-refractivity contribution in [2.75, 3.05) is 13.1 Å². The first kappa shape index (κ1) is 16.0. The van der Waals surface area contributed by atoms with Gasteiger partial charge in [0.25, 0.3) is 0 Å². The van der Waals surface area contributed by atoms with E-state index in [4.69, 9.17) is 5.73 Å². The predicted octanol–water partition coefficient (Wildman–Crippen LogP) is 2.79. The highest BCUT2D eigenvalue weighted by Gasteiger charge is 2.24. The highest BCUT2D eigenvalue weighted by Crippen LogP contribution is 2.26. The second-order valence-corrected chi connectivity index (χ2v) is 6.64. The number of hydrogen-bond donors (Lipinski definition) is 1. The Kier molecular flexibility index (Phi) is 5.64. The van der Waals surface area contributed by atoms with Crippen molar-refractivity contribution < 1.29 is 0 Å². The summed E-state index contributed by atoms with van der Waals surface area (Å²) in [6.07, 6.45) is 3.42. The van der Waals surface area contributed by atoms with Gasteiger partial charge in [0.1, 0.15) is 0 Å². The monoisotopic (exact) mass is 342 g/mol. The van der Waals surface area contributed by atoms with E-state index in [9.17, 15) is 0 Å². The van der Waals surface area contributed by atoms with Crippen LogP contribution in [0.2, 0.25) is 0 Å². The fourth-order valence-electron chi connectivity index (χ4n) is 3.02. The largest absolute Gasteiger partial charge is 0.328 e. The molecule has 0 bridgehead atoms. The normalized spacial score (nSPS) is 19.4. The van der Waals surface area contributed by atoms with Crippen LogP contribution in [0.25, 0.3) is 0 Å². The summed E-state index contributed by atoms with van der Waals surface area (Å²) >= 11 is 3.73. The molecule has 0 radical (unpaired) electrons. The molecular weight excluding hydrogens is 316 g/mol. The van der Waals surface area contributed by atoms with Crippen LogP contribution in [0, 0.1) is 5.92 Å². The summed E-state index contributed by atoms with van der Waals surface area (Å²) in [6.45, 7) is 10.7. The molecule has 1 aromatic heterocycles. The van der Waals surface area contributed by atoms with Gasteiger partial charge >= 0.3 is 0 Å². The molecule has 1 saturated heterocycles. The van der Waals surface area contributed by atoms with Crippen molar-refractivity contribution in [1.29, 1.82) is 0 Å². The third-order valence-electron chi connectivity index (χ3n) is 4.44. The lowest BCUT2D eigenvalue weighted by Gasteiger charge is -2.33. The van der Waals surface area contributed by atoms with Gasteiger partial charge in [-0.3, -0.25) is 9.58 Å². The molecule has 2 rings (SSSR count). The molecule has 0 aliphatic carbocycles. The number of nitrogens with zero attached hydrogens (tertiary/aromatic N) is 3. The van der Waals surface area contributed by atoms with Crippen LogP contribution in [-0.4, -0.2) is 33.8 Å². The van der Waals surface area contributed by atoms with Crippen molar-refractivity contribution in [1.82, 2.24) is 14.7 Å². The van der Waals surface area contributed by atoms with E-state index in [0.717, 1.165) is 32.6 Å². The van der Waals surface area contributed by atoms with Gasteiger partial charge in [-0.15, -0.1) is 0 Å². The average Bonchev–Trinajstić information content (AvgIpc) is 2.76. The molecule has 2 N–H and O–H groups in total. The Labute approximate surface area is 130 Å². The first-order valence-electron chi connectivity index (χ1n) is 7.78. The second-order valence-electron chi connectivity index (χ2n) is 5.85. The van der Waals surface area contributed by atoms with E-state index in [-0.39, 0.29) is 0 Å². The summed E-state index contributed by atoms with van der Waals surface area (Å²) in [6, 6.07) is 0.330. The minimum absolute atomic E-state index is 0.330. The predicted molar refractivity (Wildman–Crippen MR) is 86.6 cm³/mol. The van der Waals surface area contributed by atoms with Crippen molar-refractivity contribution >= 4 is 15.9 Å². The molecule has 4 nitrogen and oxygen atoms in total. The molecule has 5 heteroatoms. The van der Waals surface area contributed by atoms with Gasteiger partial charge in [0.15, 0.2) is 0 Å². The molecule has 1 fully saturated rings. The molecule has 1 atom stereocenters. The van der Waals surface area contributed by atoms with Crippen LogP contribution in [0.5, 0.6) is 0 Å². The van der Waals surface area contributed by atoms with E-state index in [0.29, 0.717) is 12.0 Å².